The van der Waals surface area contributed by atoms with Gasteiger partial charge in [0, 0.05) is 28.1 Å². The molecule has 3 heterocycles. The Hall–Kier alpha value is -4.05. The van der Waals surface area contributed by atoms with E-state index in [1.165, 1.54) is 12.4 Å². The van der Waals surface area contributed by atoms with Crippen LogP contribution in [0.1, 0.15) is 32.7 Å². The predicted octanol–water partition coefficient (Wildman–Crippen LogP) is 5.83. The Morgan fingerprint density at radius 2 is 2.00 bits per heavy atom. The zero-order valence-electron chi connectivity index (χ0n) is 22.0. The molecular weight excluding hydrogens is 624 g/mol. The molecule has 9 nitrogen and oxygen atoms in total. The number of hydrogen-bond acceptors (Lipinski definition) is 7. The van der Waals surface area contributed by atoms with Crippen molar-refractivity contribution in [1.82, 2.24) is 24.6 Å². The number of hydrogen-bond donors (Lipinski definition) is 1. The highest BCUT2D eigenvalue weighted by molar-refractivity contribution is 14.1. The number of aromatic nitrogens is 4. The lowest BCUT2D eigenvalue weighted by atomic mass is 10.0. The molecule has 0 spiro atoms. The van der Waals surface area contributed by atoms with E-state index in [9.17, 15) is 10.1 Å². The van der Waals surface area contributed by atoms with Crippen LogP contribution in [0.25, 0.3) is 22.3 Å². The summed E-state index contributed by atoms with van der Waals surface area (Å²) in [6.07, 6.45) is 4.46. The Kier molecular flexibility index (Phi) is 7.71. The number of rotatable bonds is 6. The molecule has 0 bridgehead atoms. The summed E-state index contributed by atoms with van der Waals surface area (Å²) in [7, 11) is 0. The van der Waals surface area contributed by atoms with Crippen LogP contribution in [0.3, 0.4) is 0 Å². The first-order chi connectivity index (χ1) is 19.1. The summed E-state index contributed by atoms with van der Waals surface area (Å²) in [5.74, 6) is 0.266. The summed E-state index contributed by atoms with van der Waals surface area (Å²) >= 11 is 2.19. The van der Waals surface area contributed by atoms with Crippen molar-refractivity contribution in [3.63, 3.8) is 0 Å². The van der Waals surface area contributed by atoms with Crippen molar-refractivity contribution in [2.24, 2.45) is 0 Å². The minimum atomic E-state index is -0.533. The Labute approximate surface area is 244 Å². The van der Waals surface area contributed by atoms with Gasteiger partial charge in [0.15, 0.2) is 5.65 Å². The molecule has 0 radical (unpaired) electrons. The molecule has 40 heavy (non-hydrogen) atoms. The summed E-state index contributed by atoms with van der Waals surface area (Å²) in [6.45, 7) is 4.71. The number of fused-ring (bicyclic) bond motifs is 1. The van der Waals surface area contributed by atoms with Crippen LogP contribution in [-0.2, 0) is 4.79 Å². The number of anilines is 1. The van der Waals surface area contributed by atoms with E-state index in [2.05, 4.69) is 38.6 Å². The number of nitrogens with zero attached hydrogens (tertiary/aromatic N) is 6. The van der Waals surface area contributed by atoms with E-state index in [0.29, 0.717) is 47.7 Å². The number of nitrogens with two attached hydrogens (primary N) is 1. The van der Waals surface area contributed by atoms with Gasteiger partial charge in [-0.3, -0.25) is 4.79 Å². The monoisotopic (exact) mass is 651 g/mol. The normalized spacial score (nSPS) is 16.1. The maximum absolute atomic E-state index is 15.5. The molecule has 0 aliphatic carbocycles. The number of carbonyl (C=O) groups is 1. The lowest BCUT2D eigenvalue weighted by molar-refractivity contribution is -0.128. The SMILES string of the molecule is CC(C)(I)/C=C(\C#N)C(=O)N1CCCC(n2nc(-c3ccc(Oc4ccccc4)cc3F)c3c(N)ncnc32)C1. The van der Waals surface area contributed by atoms with Crippen LogP contribution in [-0.4, -0.2) is 47.1 Å². The second-order valence-corrected chi connectivity index (χ2v) is 12.9. The molecule has 1 aliphatic rings. The lowest BCUT2D eigenvalue weighted by Gasteiger charge is -2.33. The number of ether oxygens (including phenoxy) is 1. The van der Waals surface area contributed by atoms with Gasteiger partial charge in [-0.1, -0.05) is 40.8 Å². The number of piperidine rings is 1. The average molecular weight is 651 g/mol. The van der Waals surface area contributed by atoms with Crippen molar-refractivity contribution in [2.75, 3.05) is 18.8 Å². The summed E-state index contributed by atoms with van der Waals surface area (Å²) in [4.78, 5) is 23.5. The van der Waals surface area contributed by atoms with E-state index in [1.54, 1.807) is 39.9 Å². The van der Waals surface area contributed by atoms with E-state index in [-0.39, 0.29) is 32.3 Å². The van der Waals surface area contributed by atoms with Crippen LogP contribution >= 0.6 is 22.6 Å². The van der Waals surface area contributed by atoms with Gasteiger partial charge in [0.2, 0.25) is 0 Å². The predicted molar refractivity (Wildman–Crippen MR) is 158 cm³/mol. The number of carbonyl (C=O) groups excluding carboxylic acids is 1. The fourth-order valence-electron chi connectivity index (χ4n) is 4.81. The van der Waals surface area contributed by atoms with E-state index < -0.39 is 5.82 Å². The first-order valence-electron chi connectivity index (χ1n) is 12.8. The number of alkyl halides is 1. The number of likely N-dealkylation sites (tertiary alicyclic amines) is 1. The summed E-state index contributed by atoms with van der Waals surface area (Å²) < 4.78 is 22.6. The van der Waals surface area contributed by atoms with Gasteiger partial charge >= 0.3 is 0 Å². The Balaban J connectivity index is 1.49. The van der Waals surface area contributed by atoms with Gasteiger partial charge in [0.25, 0.3) is 5.91 Å². The molecule has 4 aromatic rings. The molecule has 1 saturated heterocycles. The van der Waals surface area contributed by atoms with Gasteiger partial charge in [0.1, 0.15) is 46.8 Å². The maximum Gasteiger partial charge on any atom is 0.264 e. The molecule has 1 atom stereocenters. The topological polar surface area (TPSA) is 123 Å². The minimum Gasteiger partial charge on any atom is -0.457 e. The third-order valence-electron chi connectivity index (χ3n) is 6.56. The lowest BCUT2D eigenvalue weighted by Crippen LogP contribution is -2.41. The number of nitriles is 1. The molecule has 0 saturated carbocycles. The molecule has 1 amide bonds. The van der Waals surface area contributed by atoms with Gasteiger partial charge < -0.3 is 15.4 Å². The Morgan fingerprint density at radius 1 is 1.23 bits per heavy atom. The quantitative estimate of drug-likeness (QED) is 0.120. The highest BCUT2D eigenvalue weighted by atomic mass is 127. The van der Waals surface area contributed by atoms with Crippen LogP contribution in [0.15, 0.2) is 66.5 Å². The van der Waals surface area contributed by atoms with Crippen molar-refractivity contribution in [2.45, 2.75) is 36.2 Å². The third kappa shape index (κ3) is 5.77. The number of amides is 1. The zero-order valence-corrected chi connectivity index (χ0v) is 24.2. The second-order valence-electron chi connectivity index (χ2n) is 10.1. The summed E-state index contributed by atoms with van der Waals surface area (Å²) in [6, 6.07) is 15.5. The number of para-hydroxylation sites is 1. The molecule has 1 fully saturated rings. The summed E-state index contributed by atoms with van der Waals surface area (Å²) in [5.41, 5.74) is 7.35. The molecule has 1 unspecified atom stereocenters. The highest BCUT2D eigenvalue weighted by Gasteiger charge is 2.31. The van der Waals surface area contributed by atoms with E-state index >= 15 is 4.39 Å². The second kappa shape index (κ2) is 11.2. The van der Waals surface area contributed by atoms with Crippen molar-refractivity contribution in [3.05, 3.63) is 72.3 Å². The molecule has 204 valence electrons. The fraction of sp³-hybridized carbons (Fsp3) is 0.276. The van der Waals surface area contributed by atoms with Gasteiger partial charge in [-0.25, -0.2) is 19.0 Å². The fourth-order valence-corrected chi connectivity index (χ4v) is 5.12. The van der Waals surface area contributed by atoms with Crippen molar-refractivity contribution in [1.29, 1.82) is 5.26 Å². The maximum atomic E-state index is 15.5. The highest BCUT2D eigenvalue weighted by Crippen LogP contribution is 2.36. The number of benzene rings is 2. The number of allylic oxidation sites excluding steroid dienone is 1. The van der Waals surface area contributed by atoms with Crippen molar-refractivity contribution in [3.8, 4) is 28.8 Å². The first-order valence-corrected chi connectivity index (χ1v) is 13.8. The van der Waals surface area contributed by atoms with Crippen LogP contribution in [0.5, 0.6) is 11.5 Å². The third-order valence-corrected chi connectivity index (χ3v) is 6.87. The van der Waals surface area contributed by atoms with E-state index in [0.717, 1.165) is 6.42 Å². The molecule has 2 N–H and O–H groups in total. The van der Waals surface area contributed by atoms with E-state index in [1.807, 2.05) is 32.0 Å². The average Bonchev–Trinajstić information content (AvgIpc) is 3.32. The standard InChI is InChI=1S/C29H27FIN7O2/c1-29(2,31)14-18(15-32)28(39)37-12-6-7-19(16-37)38-27-24(26(33)34-17-35-27)25(36-38)22-11-10-21(13-23(22)30)40-20-8-4-3-5-9-20/h3-5,8-11,13-14,17,19H,6-7,12,16H2,1-2H3,(H2,33,34,35)/b18-14+. The van der Waals surface area contributed by atoms with Crippen LogP contribution < -0.4 is 10.5 Å². The van der Waals surface area contributed by atoms with Crippen LogP contribution in [0, 0.1) is 17.1 Å². The molecule has 1 aliphatic heterocycles. The smallest absolute Gasteiger partial charge is 0.264 e. The van der Waals surface area contributed by atoms with Crippen LogP contribution in [0.2, 0.25) is 0 Å². The van der Waals surface area contributed by atoms with Crippen molar-refractivity contribution < 1.29 is 13.9 Å². The minimum absolute atomic E-state index is 0.109. The van der Waals surface area contributed by atoms with E-state index in [4.69, 9.17) is 15.6 Å². The zero-order chi connectivity index (χ0) is 28.4. The first kappa shape index (κ1) is 27.5. The number of nitrogen functional groups attached to an aromatic ring is 1. The van der Waals surface area contributed by atoms with Crippen LogP contribution in [0.4, 0.5) is 10.2 Å². The Bertz CT molecular complexity index is 1640. The Morgan fingerprint density at radius 3 is 2.70 bits per heavy atom. The molecule has 11 heteroatoms. The molecule has 2 aromatic carbocycles. The molecule has 5 rings (SSSR count). The van der Waals surface area contributed by atoms with Gasteiger partial charge in [-0.05, 0) is 57.0 Å². The van der Waals surface area contributed by atoms with Crippen molar-refractivity contribution >= 4 is 45.3 Å². The summed E-state index contributed by atoms with van der Waals surface area (Å²) in [5, 5.41) is 14.8. The van der Waals surface area contributed by atoms with Gasteiger partial charge in [-0.15, -0.1) is 0 Å². The van der Waals surface area contributed by atoms with Gasteiger partial charge in [-0.2, -0.15) is 10.4 Å². The molecular formula is C29H27FIN7O2. The number of halogens is 2. The van der Waals surface area contributed by atoms with Gasteiger partial charge in [0.05, 0.1) is 11.4 Å². The largest absolute Gasteiger partial charge is 0.457 e. The molecule has 2 aromatic heterocycles.